The van der Waals surface area contributed by atoms with Gasteiger partial charge in [0.2, 0.25) is 0 Å². The van der Waals surface area contributed by atoms with Gasteiger partial charge in [0.1, 0.15) is 0 Å². The molecular weight excluding hydrogens is 140 g/mol. The molecule has 0 spiro atoms. The smallest absolute Gasteiger partial charge is 0.257 e. The van der Waals surface area contributed by atoms with Crippen LogP contribution in [0, 0.1) is 0 Å². The Kier molecular flexibility index (Phi) is 3.11. The van der Waals surface area contributed by atoms with Crippen LogP contribution in [0.2, 0.25) is 0 Å². The first-order valence-electron chi connectivity index (χ1n) is 4.03. The average Bonchev–Trinajstić information content (AvgIpc) is 2.06. The van der Waals surface area contributed by atoms with Gasteiger partial charge in [-0.2, -0.15) is 0 Å². The van der Waals surface area contributed by atoms with Gasteiger partial charge in [-0.05, 0) is 25.7 Å². The van der Waals surface area contributed by atoms with E-state index in [2.05, 4.69) is 5.43 Å². The Labute approximate surface area is 66.6 Å². The molecule has 0 heterocycles. The highest BCUT2D eigenvalue weighted by atomic mass is 16.2. The van der Waals surface area contributed by atoms with Gasteiger partial charge >= 0.3 is 0 Å². The van der Waals surface area contributed by atoms with E-state index in [9.17, 15) is 4.79 Å². The minimum absolute atomic E-state index is 0.179. The number of allylic oxidation sites excluding steroid dienone is 1. The maximum absolute atomic E-state index is 10.8. The van der Waals surface area contributed by atoms with Crippen molar-refractivity contribution in [3.63, 3.8) is 0 Å². The molecule has 1 fully saturated rings. The first-order chi connectivity index (χ1) is 5.33. The van der Waals surface area contributed by atoms with E-state index in [1.54, 1.807) is 6.08 Å². The first kappa shape index (κ1) is 8.27. The number of carbonyl (C=O) groups excluding carboxylic acids is 1. The second-order valence-corrected chi connectivity index (χ2v) is 2.87. The molecule has 1 aliphatic carbocycles. The van der Waals surface area contributed by atoms with Crippen LogP contribution in [0.15, 0.2) is 11.6 Å². The summed E-state index contributed by atoms with van der Waals surface area (Å²) >= 11 is 0. The Morgan fingerprint density at radius 3 is 2.55 bits per heavy atom. The van der Waals surface area contributed by atoms with Crippen molar-refractivity contribution in [3.8, 4) is 0 Å². The molecule has 62 valence electrons. The van der Waals surface area contributed by atoms with E-state index in [0.29, 0.717) is 0 Å². The van der Waals surface area contributed by atoms with Gasteiger partial charge in [-0.3, -0.25) is 10.2 Å². The zero-order valence-electron chi connectivity index (χ0n) is 6.60. The second kappa shape index (κ2) is 4.13. The van der Waals surface area contributed by atoms with E-state index in [1.807, 2.05) is 0 Å². The molecule has 0 aromatic heterocycles. The van der Waals surface area contributed by atoms with Crippen LogP contribution >= 0.6 is 0 Å². The number of nitrogens with one attached hydrogen (secondary N) is 1. The summed E-state index contributed by atoms with van der Waals surface area (Å²) < 4.78 is 0. The van der Waals surface area contributed by atoms with Gasteiger partial charge in [0.05, 0.1) is 0 Å². The van der Waals surface area contributed by atoms with Gasteiger partial charge in [0.15, 0.2) is 0 Å². The lowest BCUT2D eigenvalue weighted by Crippen LogP contribution is -2.28. The molecule has 3 nitrogen and oxygen atoms in total. The third-order valence-electron chi connectivity index (χ3n) is 1.97. The molecule has 11 heavy (non-hydrogen) atoms. The van der Waals surface area contributed by atoms with Crippen LogP contribution in [-0.2, 0) is 4.79 Å². The fourth-order valence-corrected chi connectivity index (χ4v) is 1.38. The molecule has 0 bridgehead atoms. The number of amides is 1. The van der Waals surface area contributed by atoms with E-state index in [-0.39, 0.29) is 5.91 Å². The lowest BCUT2D eigenvalue weighted by Gasteiger charge is -2.12. The van der Waals surface area contributed by atoms with Gasteiger partial charge in [-0.1, -0.05) is 12.0 Å². The maximum Gasteiger partial charge on any atom is 0.257 e. The van der Waals surface area contributed by atoms with Crippen LogP contribution in [0.5, 0.6) is 0 Å². The summed E-state index contributed by atoms with van der Waals surface area (Å²) in [5.74, 6) is 4.77. The Bertz CT molecular complexity index is 167. The largest absolute Gasteiger partial charge is 0.291 e. The summed E-state index contributed by atoms with van der Waals surface area (Å²) in [6.45, 7) is 0. The molecule has 1 amide bonds. The van der Waals surface area contributed by atoms with E-state index >= 15 is 0 Å². The number of hydrogen-bond acceptors (Lipinski definition) is 2. The molecule has 0 radical (unpaired) electrons. The highest BCUT2D eigenvalue weighted by Crippen LogP contribution is 2.22. The standard InChI is InChI=1S/C8H14N2O/c9-10-8(11)6-7-4-2-1-3-5-7/h6H,1-5,9H2,(H,10,11). The Morgan fingerprint density at radius 1 is 1.36 bits per heavy atom. The topological polar surface area (TPSA) is 55.1 Å². The Morgan fingerprint density at radius 2 is 2.00 bits per heavy atom. The molecule has 0 aliphatic heterocycles. The normalized spacial score (nSPS) is 17.7. The minimum atomic E-state index is -0.179. The number of nitrogens with two attached hydrogens (primary N) is 1. The summed E-state index contributed by atoms with van der Waals surface area (Å²) in [5, 5.41) is 0. The molecule has 0 aromatic rings. The monoisotopic (exact) mass is 154 g/mol. The van der Waals surface area contributed by atoms with E-state index < -0.39 is 0 Å². The fourth-order valence-electron chi connectivity index (χ4n) is 1.38. The molecule has 0 atom stereocenters. The van der Waals surface area contributed by atoms with Crippen LogP contribution in [0.4, 0.5) is 0 Å². The van der Waals surface area contributed by atoms with Gasteiger partial charge in [-0.15, -0.1) is 0 Å². The van der Waals surface area contributed by atoms with Crippen LogP contribution < -0.4 is 11.3 Å². The van der Waals surface area contributed by atoms with Gasteiger partial charge in [0.25, 0.3) is 5.91 Å². The van der Waals surface area contributed by atoms with Crippen LogP contribution in [0.3, 0.4) is 0 Å². The van der Waals surface area contributed by atoms with E-state index in [0.717, 1.165) is 12.8 Å². The molecule has 3 heteroatoms. The van der Waals surface area contributed by atoms with E-state index in [4.69, 9.17) is 5.84 Å². The molecule has 0 saturated heterocycles. The van der Waals surface area contributed by atoms with Crippen molar-refractivity contribution in [2.45, 2.75) is 32.1 Å². The van der Waals surface area contributed by atoms with Crippen molar-refractivity contribution in [2.24, 2.45) is 5.84 Å². The minimum Gasteiger partial charge on any atom is -0.291 e. The van der Waals surface area contributed by atoms with Crippen LogP contribution in [-0.4, -0.2) is 5.91 Å². The van der Waals surface area contributed by atoms with Crippen molar-refractivity contribution in [2.75, 3.05) is 0 Å². The zero-order chi connectivity index (χ0) is 8.10. The number of carbonyl (C=O) groups is 1. The first-order valence-corrected chi connectivity index (χ1v) is 4.03. The van der Waals surface area contributed by atoms with Crippen molar-refractivity contribution in [1.29, 1.82) is 0 Å². The number of hydrazine groups is 1. The summed E-state index contributed by atoms with van der Waals surface area (Å²) in [5.41, 5.74) is 3.33. The van der Waals surface area contributed by atoms with Crippen LogP contribution in [0.1, 0.15) is 32.1 Å². The summed E-state index contributed by atoms with van der Waals surface area (Å²) in [6.07, 6.45) is 7.47. The predicted molar refractivity (Wildman–Crippen MR) is 43.5 cm³/mol. The SMILES string of the molecule is NNC(=O)C=C1CCCCC1. The highest BCUT2D eigenvalue weighted by molar-refractivity contribution is 5.87. The highest BCUT2D eigenvalue weighted by Gasteiger charge is 2.05. The van der Waals surface area contributed by atoms with Crippen LogP contribution in [0.25, 0.3) is 0 Å². The van der Waals surface area contributed by atoms with Crippen molar-refractivity contribution in [3.05, 3.63) is 11.6 Å². The number of hydrogen-bond donors (Lipinski definition) is 2. The average molecular weight is 154 g/mol. The van der Waals surface area contributed by atoms with Gasteiger partial charge < -0.3 is 0 Å². The second-order valence-electron chi connectivity index (χ2n) is 2.87. The predicted octanol–water partition coefficient (Wildman–Crippen LogP) is 0.867. The fraction of sp³-hybridized carbons (Fsp3) is 0.625. The maximum atomic E-state index is 10.8. The van der Waals surface area contributed by atoms with E-state index in [1.165, 1.54) is 24.8 Å². The lowest BCUT2D eigenvalue weighted by molar-refractivity contribution is -0.116. The van der Waals surface area contributed by atoms with Crippen molar-refractivity contribution < 1.29 is 4.79 Å². The molecule has 0 aromatic carbocycles. The summed E-state index contributed by atoms with van der Waals surface area (Å²) in [7, 11) is 0. The Balaban J connectivity index is 2.43. The third kappa shape index (κ3) is 2.72. The molecule has 1 aliphatic rings. The molecular formula is C8H14N2O. The molecule has 0 unspecified atom stereocenters. The molecule has 1 saturated carbocycles. The summed E-state index contributed by atoms with van der Waals surface area (Å²) in [4.78, 5) is 10.8. The lowest BCUT2D eigenvalue weighted by atomic mass is 9.95. The van der Waals surface area contributed by atoms with Crippen molar-refractivity contribution >= 4 is 5.91 Å². The summed E-state index contributed by atoms with van der Waals surface area (Å²) in [6, 6.07) is 0. The van der Waals surface area contributed by atoms with Gasteiger partial charge in [0, 0.05) is 6.08 Å². The third-order valence-corrected chi connectivity index (χ3v) is 1.97. The van der Waals surface area contributed by atoms with Gasteiger partial charge in [-0.25, -0.2) is 5.84 Å². The number of rotatable bonds is 1. The quantitative estimate of drug-likeness (QED) is 0.255. The molecule has 1 rings (SSSR count). The Hall–Kier alpha value is -0.830. The zero-order valence-corrected chi connectivity index (χ0v) is 6.60. The van der Waals surface area contributed by atoms with Crippen molar-refractivity contribution in [1.82, 2.24) is 5.43 Å². The molecule has 3 N–H and O–H groups in total.